The molecule has 0 unspecified atom stereocenters. The molecule has 0 fully saturated rings. The van der Waals surface area contributed by atoms with E-state index in [0.717, 1.165) is 0 Å². The first-order valence-corrected chi connectivity index (χ1v) is 12.4. The average Bonchev–Trinajstić information content (AvgIpc) is 2.97. The van der Waals surface area contributed by atoms with Crippen molar-refractivity contribution in [1.82, 2.24) is 14.9 Å². The number of carbonyl (C=O) groups excluding carboxylic acids is 1. The van der Waals surface area contributed by atoms with Crippen molar-refractivity contribution >= 4 is 28.2 Å². The number of methoxy groups -OCH3 is 3. The smallest absolute Gasteiger partial charge is 0.314 e. The van der Waals surface area contributed by atoms with E-state index in [1.807, 2.05) is 6.07 Å². The molecule has 4 rings (SSSR count). The molecule has 12 heteroatoms. The van der Waals surface area contributed by atoms with Gasteiger partial charge in [0.2, 0.25) is 5.91 Å². The maximum Gasteiger partial charge on any atom is 0.314 e. The Bertz CT molecular complexity index is 1590. The highest BCUT2D eigenvalue weighted by Gasteiger charge is 2.21. The zero-order valence-electron chi connectivity index (χ0n) is 22.3. The van der Waals surface area contributed by atoms with Gasteiger partial charge in [0.25, 0.3) is 5.56 Å². The lowest BCUT2D eigenvalue weighted by molar-refractivity contribution is -0.385. The Morgan fingerprint density at radius 2 is 1.70 bits per heavy atom. The Morgan fingerprint density at radius 1 is 0.975 bits per heavy atom. The molecule has 2 N–H and O–H groups in total. The Morgan fingerprint density at radius 3 is 2.38 bits per heavy atom. The van der Waals surface area contributed by atoms with Gasteiger partial charge in [0.15, 0.2) is 5.75 Å². The van der Waals surface area contributed by atoms with Crippen molar-refractivity contribution in [2.24, 2.45) is 0 Å². The number of rotatable bonds is 12. The second kappa shape index (κ2) is 12.7. The molecule has 0 saturated carbocycles. The number of nitrogens with one attached hydrogen (secondary N) is 2. The van der Waals surface area contributed by atoms with Gasteiger partial charge in [-0.1, -0.05) is 12.1 Å². The van der Waals surface area contributed by atoms with Crippen molar-refractivity contribution in [2.45, 2.75) is 12.8 Å². The van der Waals surface area contributed by atoms with E-state index in [2.05, 4.69) is 10.6 Å². The van der Waals surface area contributed by atoms with Crippen LogP contribution in [0.5, 0.6) is 17.2 Å². The van der Waals surface area contributed by atoms with Gasteiger partial charge in [-0.2, -0.15) is 0 Å². The summed E-state index contributed by atoms with van der Waals surface area (Å²) >= 11 is 0. The number of carbonyl (C=O) groups is 1. The maximum absolute atomic E-state index is 13.4. The number of ether oxygens (including phenoxy) is 3. The topological polar surface area (TPSA) is 147 Å². The molecule has 4 aromatic rings. The minimum Gasteiger partial charge on any atom is -0.497 e. The number of fused-ring (bicyclic) bond motifs is 1. The molecule has 1 amide bonds. The summed E-state index contributed by atoms with van der Waals surface area (Å²) in [4.78, 5) is 41.3. The molecule has 1 aromatic heterocycles. The standard InChI is InChI=1S/C28H29N5O7/c1-38-19-10-8-18(9-11-19)32-26(30-21-7-5-4-6-20(21)28(32)35)12-14-29-15-13-27(34)31-22-16-25(40-3)23(33(36)37)17-24(22)39-2/h4-11,16-17,29H,12-15H2,1-3H3,(H,31,34). The average molecular weight is 548 g/mol. The summed E-state index contributed by atoms with van der Waals surface area (Å²) < 4.78 is 17.1. The summed E-state index contributed by atoms with van der Waals surface area (Å²) in [6.45, 7) is 0.807. The van der Waals surface area contributed by atoms with E-state index in [1.54, 1.807) is 54.1 Å². The Kier molecular flexibility index (Phi) is 8.92. The minimum atomic E-state index is -0.588. The predicted octanol–water partition coefficient (Wildman–Crippen LogP) is 3.48. The zero-order chi connectivity index (χ0) is 28.6. The Balaban J connectivity index is 1.42. The van der Waals surface area contributed by atoms with E-state index < -0.39 is 4.92 Å². The molecule has 1 heterocycles. The monoisotopic (exact) mass is 547 g/mol. The third-order valence-electron chi connectivity index (χ3n) is 6.20. The Labute approximate surface area is 229 Å². The van der Waals surface area contributed by atoms with Crippen LogP contribution in [0.1, 0.15) is 12.2 Å². The van der Waals surface area contributed by atoms with Gasteiger partial charge in [-0.25, -0.2) is 4.98 Å². The normalized spacial score (nSPS) is 10.8. The van der Waals surface area contributed by atoms with Crippen molar-refractivity contribution in [3.05, 3.63) is 87.0 Å². The van der Waals surface area contributed by atoms with Gasteiger partial charge in [-0.3, -0.25) is 24.3 Å². The number of para-hydroxylation sites is 1. The second-order valence-electron chi connectivity index (χ2n) is 8.66. The third-order valence-corrected chi connectivity index (χ3v) is 6.20. The predicted molar refractivity (Wildman–Crippen MR) is 150 cm³/mol. The van der Waals surface area contributed by atoms with Crippen molar-refractivity contribution < 1.29 is 23.9 Å². The number of nitrogens with zero attached hydrogens (tertiary/aromatic N) is 3. The van der Waals surface area contributed by atoms with Gasteiger partial charge in [0.1, 0.15) is 17.3 Å². The summed E-state index contributed by atoms with van der Waals surface area (Å²) in [5, 5.41) is 17.7. The maximum atomic E-state index is 13.4. The molecular formula is C28H29N5O7. The molecular weight excluding hydrogens is 518 g/mol. The van der Waals surface area contributed by atoms with Crippen LogP contribution in [0.3, 0.4) is 0 Å². The molecule has 0 radical (unpaired) electrons. The van der Waals surface area contributed by atoms with Crippen molar-refractivity contribution in [2.75, 3.05) is 39.7 Å². The van der Waals surface area contributed by atoms with E-state index in [4.69, 9.17) is 19.2 Å². The highest BCUT2D eigenvalue weighted by Crippen LogP contribution is 2.37. The second-order valence-corrected chi connectivity index (χ2v) is 8.66. The van der Waals surface area contributed by atoms with Crippen molar-refractivity contribution in [3.63, 3.8) is 0 Å². The van der Waals surface area contributed by atoms with Crippen LogP contribution in [0.25, 0.3) is 16.6 Å². The first kappa shape index (κ1) is 28.0. The fourth-order valence-corrected chi connectivity index (χ4v) is 4.21. The number of nitro groups is 1. The highest BCUT2D eigenvalue weighted by atomic mass is 16.6. The molecule has 0 spiro atoms. The number of benzene rings is 3. The van der Waals surface area contributed by atoms with Crippen LogP contribution in [0, 0.1) is 10.1 Å². The number of hydrogen-bond donors (Lipinski definition) is 2. The van der Waals surface area contributed by atoms with Crippen LogP contribution in [0.4, 0.5) is 11.4 Å². The van der Waals surface area contributed by atoms with E-state index in [9.17, 15) is 19.7 Å². The van der Waals surface area contributed by atoms with Crippen LogP contribution in [0.2, 0.25) is 0 Å². The number of aromatic nitrogens is 2. The van der Waals surface area contributed by atoms with Crippen molar-refractivity contribution in [1.29, 1.82) is 0 Å². The zero-order valence-corrected chi connectivity index (χ0v) is 22.3. The van der Waals surface area contributed by atoms with E-state index in [1.165, 1.54) is 26.4 Å². The van der Waals surface area contributed by atoms with Crippen LogP contribution < -0.4 is 30.4 Å². The van der Waals surface area contributed by atoms with Crippen molar-refractivity contribution in [3.8, 4) is 22.9 Å². The molecule has 40 heavy (non-hydrogen) atoms. The van der Waals surface area contributed by atoms with Crippen LogP contribution in [0.15, 0.2) is 65.5 Å². The molecule has 208 valence electrons. The van der Waals surface area contributed by atoms with Gasteiger partial charge < -0.3 is 24.8 Å². The fourth-order valence-electron chi connectivity index (χ4n) is 4.21. The van der Waals surface area contributed by atoms with E-state index in [-0.39, 0.29) is 40.8 Å². The highest BCUT2D eigenvalue weighted by molar-refractivity contribution is 5.93. The molecule has 0 aliphatic heterocycles. The van der Waals surface area contributed by atoms with Gasteiger partial charge >= 0.3 is 5.69 Å². The molecule has 0 atom stereocenters. The molecule has 0 aliphatic carbocycles. The summed E-state index contributed by atoms with van der Waals surface area (Å²) in [5.41, 5.74) is 1.11. The lowest BCUT2D eigenvalue weighted by Gasteiger charge is -2.15. The number of hydrogen-bond acceptors (Lipinski definition) is 9. The van der Waals surface area contributed by atoms with Crippen LogP contribution in [-0.4, -0.2) is 54.8 Å². The van der Waals surface area contributed by atoms with Crippen LogP contribution >= 0.6 is 0 Å². The van der Waals surface area contributed by atoms with Gasteiger partial charge in [0, 0.05) is 32.0 Å². The van der Waals surface area contributed by atoms with Gasteiger partial charge in [-0.15, -0.1) is 0 Å². The first-order valence-electron chi connectivity index (χ1n) is 12.4. The number of nitro benzene ring substituents is 1. The summed E-state index contributed by atoms with van der Waals surface area (Å²) in [6, 6.07) is 16.9. The minimum absolute atomic E-state index is 0.00465. The molecule has 0 aliphatic rings. The molecule has 0 saturated heterocycles. The number of amides is 1. The van der Waals surface area contributed by atoms with Gasteiger partial charge in [0.05, 0.1) is 54.6 Å². The third kappa shape index (κ3) is 6.18. The lowest BCUT2D eigenvalue weighted by atomic mass is 10.2. The molecule has 0 bridgehead atoms. The quantitative estimate of drug-likeness (QED) is 0.155. The molecule has 3 aromatic carbocycles. The summed E-state index contributed by atoms with van der Waals surface area (Å²) in [7, 11) is 4.24. The van der Waals surface area contributed by atoms with E-state index in [0.29, 0.717) is 47.7 Å². The van der Waals surface area contributed by atoms with E-state index >= 15 is 0 Å². The fraction of sp³-hybridized carbons (Fsp3) is 0.250. The Hall–Kier alpha value is -4.97. The number of anilines is 1. The SMILES string of the molecule is COc1ccc(-n2c(CCNCCC(=O)Nc3cc(OC)c([N+](=O)[O-])cc3OC)nc3ccccc3c2=O)cc1. The lowest BCUT2D eigenvalue weighted by Crippen LogP contribution is -2.28. The largest absolute Gasteiger partial charge is 0.497 e. The van der Waals surface area contributed by atoms with Gasteiger partial charge in [-0.05, 0) is 36.4 Å². The first-order chi connectivity index (χ1) is 19.4. The van der Waals surface area contributed by atoms with Crippen LogP contribution in [-0.2, 0) is 11.2 Å². The summed E-state index contributed by atoms with van der Waals surface area (Å²) in [5.74, 6) is 1.09. The molecule has 12 nitrogen and oxygen atoms in total. The summed E-state index contributed by atoms with van der Waals surface area (Å²) in [6.07, 6.45) is 0.556.